The molecule has 0 saturated heterocycles. The second-order valence-corrected chi connectivity index (χ2v) is 5.38. The van der Waals surface area contributed by atoms with Crippen LogP contribution < -0.4 is 5.32 Å². The van der Waals surface area contributed by atoms with Gasteiger partial charge in [0.25, 0.3) is 0 Å². The Morgan fingerprint density at radius 1 is 1.50 bits per heavy atom. The molecule has 1 aromatic carbocycles. The summed E-state index contributed by atoms with van der Waals surface area (Å²) in [6, 6.07) is 7.33. The number of carbonyl (C=O) groups is 1. The van der Waals surface area contributed by atoms with Gasteiger partial charge in [-0.15, -0.1) is 0 Å². The van der Waals surface area contributed by atoms with Crippen LogP contribution in [0.3, 0.4) is 0 Å². The van der Waals surface area contributed by atoms with E-state index < -0.39 is 5.54 Å². The van der Waals surface area contributed by atoms with E-state index in [0.29, 0.717) is 6.42 Å². The number of hydrogen-bond donors (Lipinski definition) is 2. The summed E-state index contributed by atoms with van der Waals surface area (Å²) in [6.45, 7) is 5.53. The van der Waals surface area contributed by atoms with Gasteiger partial charge in [0.15, 0.2) is 0 Å². The van der Waals surface area contributed by atoms with Gasteiger partial charge >= 0.3 is 0 Å². The smallest absolute Gasteiger partial charge is 0.243 e. The van der Waals surface area contributed by atoms with Crippen LogP contribution in [0.1, 0.15) is 33.2 Å². The maximum atomic E-state index is 12.3. The molecule has 0 bridgehead atoms. The molecule has 2 rings (SSSR count). The van der Waals surface area contributed by atoms with Gasteiger partial charge in [-0.2, -0.15) is 0 Å². The fourth-order valence-corrected chi connectivity index (χ4v) is 2.05. The van der Waals surface area contributed by atoms with Gasteiger partial charge in [0.1, 0.15) is 6.04 Å². The third-order valence-corrected chi connectivity index (χ3v) is 3.83. The van der Waals surface area contributed by atoms with E-state index in [1.807, 2.05) is 49.6 Å². The van der Waals surface area contributed by atoms with E-state index in [2.05, 4.69) is 10.3 Å². The average molecular weight is 275 g/mol. The standard InChI is InChI=1S/C15H21N3O2/c1-4-15(3,9-19)17-14(20)11(2)18-10-16-12-7-5-6-8-13(12)18/h5-8,10-11,19H,4,9H2,1-3H3,(H,17,20). The van der Waals surface area contributed by atoms with E-state index in [-0.39, 0.29) is 18.6 Å². The van der Waals surface area contributed by atoms with Gasteiger partial charge in [-0.3, -0.25) is 4.79 Å². The maximum absolute atomic E-state index is 12.3. The van der Waals surface area contributed by atoms with Crippen molar-refractivity contribution in [3.63, 3.8) is 0 Å². The molecule has 5 heteroatoms. The number of benzene rings is 1. The molecule has 0 aliphatic rings. The van der Waals surface area contributed by atoms with Crippen LogP contribution >= 0.6 is 0 Å². The van der Waals surface area contributed by atoms with Gasteiger partial charge < -0.3 is 15.0 Å². The van der Waals surface area contributed by atoms with E-state index >= 15 is 0 Å². The average Bonchev–Trinajstić information content (AvgIpc) is 2.90. The van der Waals surface area contributed by atoms with Gasteiger partial charge in [-0.25, -0.2) is 4.98 Å². The van der Waals surface area contributed by atoms with E-state index in [1.54, 1.807) is 6.33 Å². The van der Waals surface area contributed by atoms with Gasteiger partial charge in [-0.1, -0.05) is 19.1 Å². The van der Waals surface area contributed by atoms with Gasteiger partial charge in [0.05, 0.1) is 29.5 Å². The zero-order chi connectivity index (χ0) is 14.8. The van der Waals surface area contributed by atoms with Crippen molar-refractivity contribution in [2.75, 3.05) is 6.61 Å². The highest BCUT2D eigenvalue weighted by Crippen LogP contribution is 2.18. The molecule has 0 aliphatic heterocycles. The Labute approximate surface area is 118 Å². The van der Waals surface area contributed by atoms with E-state index in [4.69, 9.17) is 0 Å². The highest BCUT2D eigenvalue weighted by molar-refractivity contribution is 5.84. The molecule has 0 radical (unpaired) electrons. The highest BCUT2D eigenvalue weighted by atomic mass is 16.3. The summed E-state index contributed by atoms with van der Waals surface area (Å²) in [5.41, 5.74) is 1.21. The first-order valence-electron chi connectivity index (χ1n) is 6.85. The topological polar surface area (TPSA) is 67.2 Å². The number of carbonyl (C=O) groups excluding carboxylic acids is 1. The van der Waals surface area contributed by atoms with E-state index in [9.17, 15) is 9.90 Å². The van der Waals surface area contributed by atoms with Crippen molar-refractivity contribution >= 4 is 16.9 Å². The molecule has 1 amide bonds. The summed E-state index contributed by atoms with van der Waals surface area (Å²) in [5.74, 6) is -0.119. The zero-order valence-electron chi connectivity index (χ0n) is 12.1. The predicted octanol–water partition coefficient (Wildman–Crippen LogP) is 1.87. The van der Waals surface area contributed by atoms with Crippen LogP contribution in [0.2, 0.25) is 0 Å². The normalized spacial score (nSPS) is 15.8. The second kappa shape index (κ2) is 5.63. The molecule has 2 N–H and O–H groups in total. The minimum atomic E-state index is -0.582. The number of imidazole rings is 1. The first kappa shape index (κ1) is 14.5. The Balaban J connectivity index is 2.23. The number of nitrogens with one attached hydrogen (secondary N) is 1. The van der Waals surface area contributed by atoms with Crippen molar-refractivity contribution in [1.82, 2.24) is 14.9 Å². The number of para-hydroxylation sites is 2. The van der Waals surface area contributed by atoms with Crippen molar-refractivity contribution in [3.05, 3.63) is 30.6 Å². The molecule has 0 saturated carbocycles. The monoisotopic (exact) mass is 275 g/mol. The van der Waals surface area contributed by atoms with Crippen LogP contribution in [0.25, 0.3) is 11.0 Å². The number of aromatic nitrogens is 2. The summed E-state index contributed by atoms with van der Waals surface area (Å²) < 4.78 is 1.85. The fraction of sp³-hybridized carbons (Fsp3) is 0.467. The van der Waals surface area contributed by atoms with Gasteiger partial charge in [0.2, 0.25) is 5.91 Å². The number of hydrogen-bond acceptors (Lipinski definition) is 3. The lowest BCUT2D eigenvalue weighted by Crippen LogP contribution is -2.50. The Kier molecular flexibility index (Phi) is 4.09. The van der Waals surface area contributed by atoms with E-state index in [1.165, 1.54) is 0 Å². The number of aliphatic hydroxyl groups excluding tert-OH is 1. The number of rotatable bonds is 5. The molecule has 0 aliphatic carbocycles. The molecular weight excluding hydrogens is 254 g/mol. The Morgan fingerprint density at radius 3 is 2.85 bits per heavy atom. The van der Waals surface area contributed by atoms with Crippen LogP contribution in [-0.2, 0) is 4.79 Å². The Morgan fingerprint density at radius 2 is 2.20 bits per heavy atom. The molecule has 20 heavy (non-hydrogen) atoms. The number of amides is 1. The summed E-state index contributed by atoms with van der Waals surface area (Å²) in [6.07, 6.45) is 2.35. The van der Waals surface area contributed by atoms with Gasteiger partial charge in [-0.05, 0) is 32.4 Å². The molecule has 0 fully saturated rings. The molecule has 2 aromatic rings. The summed E-state index contributed by atoms with van der Waals surface area (Å²) in [4.78, 5) is 16.6. The second-order valence-electron chi connectivity index (χ2n) is 5.38. The van der Waals surface area contributed by atoms with E-state index in [0.717, 1.165) is 11.0 Å². The third-order valence-electron chi connectivity index (χ3n) is 3.83. The largest absolute Gasteiger partial charge is 0.394 e. The summed E-state index contributed by atoms with van der Waals surface area (Å²) in [7, 11) is 0. The minimum Gasteiger partial charge on any atom is -0.394 e. The molecule has 0 spiro atoms. The SMILES string of the molecule is CCC(C)(CO)NC(=O)C(C)n1cnc2ccccc21. The fourth-order valence-electron chi connectivity index (χ4n) is 2.05. The summed E-state index contributed by atoms with van der Waals surface area (Å²) in [5, 5.41) is 12.3. The van der Waals surface area contributed by atoms with Crippen molar-refractivity contribution in [1.29, 1.82) is 0 Å². The van der Waals surface area contributed by atoms with Crippen molar-refractivity contribution in [2.45, 2.75) is 38.8 Å². The summed E-state index contributed by atoms with van der Waals surface area (Å²) >= 11 is 0. The Bertz CT molecular complexity index is 602. The molecule has 2 unspecified atom stereocenters. The van der Waals surface area contributed by atoms with Crippen LogP contribution in [0, 0.1) is 0 Å². The van der Waals surface area contributed by atoms with Crippen LogP contribution in [0.4, 0.5) is 0 Å². The van der Waals surface area contributed by atoms with Crippen LogP contribution in [0.5, 0.6) is 0 Å². The number of aliphatic hydroxyl groups is 1. The minimum absolute atomic E-state index is 0.0767. The molecule has 2 atom stereocenters. The van der Waals surface area contributed by atoms with Crippen molar-refractivity contribution < 1.29 is 9.90 Å². The quantitative estimate of drug-likeness (QED) is 0.875. The molecule has 108 valence electrons. The predicted molar refractivity (Wildman–Crippen MR) is 78.4 cm³/mol. The van der Waals surface area contributed by atoms with Gasteiger partial charge in [0, 0.05) is 0 Å². The first-order chi connectivity index (χ1) is 9.50. The number of fused-ring (bicyclic) bond motifs is 1. The van der Waals surface area contributed by atoms with Crippen LogP contribution in [-0.4, -0.2) is 32.7 Å². The lowest BCUT2D eigenvalue weighted by atomic mass is 10.00. The van der Waals surface area contributed by atoms with Crippen molar-refractivity contribution in [3.8, 4) is 0 Å². The zero-order valence-corrected chi connectivity index (χ0v) is 12.1. The number of nitrogens with zero attached hydrogens (tertiary/aromatic N) is 2. The lowest BCUT2D eigenvalue weighted by molar-refractivity contribution is -0.126. The molecule has 1 aromatic heterocycles. The molecule has 5 nitrogen and oxygen atoms in total. The first-order valence-corrected chi connectivity index (χ1v) is 6.85. The Hall–Kier alpha value is -1.88. The lowest BCUT2D eigenvalue weighted by Gasteiger charge is -2.29. The van der Waals surface area contributed by atoms with Crippen LogP contribution in [0.15, 0.2) is 30.6 Å². The third kappa shape index (κ3) is 2.67. The maximum Gasteiger partial charge on any atom is 0.243 e. The highest BCUT2D eigenvalue weighted by Gasteiger charge is 2.26. The molecular formula is C15H21N3O2. The van der Waals surface area contributed by atoms with Crippen molar-refractivity contribution in [2.24, 2.45) is 0 Å². The molecule has 1 heterocycles.